The molecule has 0 amide bonds. The summed E-state index contributed by atoms with van der Waals surface area (Å²) < 4.78 is 5.93. The molecular weight excluding hydrogens is 186 g/mol. The molecule has 15 heavy (non-hydrogen) atoms. The number of nitrogens with one attached hydrogen (secondary N) is 1. The fraction of sp³-hybridized carbons (Fsp3) is 0.538. The Morgan fingerprint density at radius 1 is 1.33 bits per heavy atom. The van der Waals surface area contributed by atoms with Gasteiger partial charge in [0.25, 0.3) is 0 Å². The fourth-order valence-corrected chi connectivity index (χ4v) is 2.13. The number of hydrogen-bond donors (Lipinski definition) is 1. The van der Waals surface area contributed by atoms with Crippen LogP contribution in [0.5, 0.6) is 0 Å². The molecule has 1 N–H and O–H groups in total. The normalized spacial score (nSPS) is 25.7. The van der Waals surface area contributed by atoms with Gasteiger partial charge in [-0.1, -0.05) is 37.3 Å². The zero-order valence-electron chi connectivity index (χ0n) is 9.28. The molecule has 82 valence electrons. The smallest absolute Gasteiger partial charge is 0.0744 e. The first kappa shape index (κ1) is 10.7. The minimum absolute atomic E-state index is 0.398. The van der Waals surface area contributed by atoms with Crippen molar-refractivity contribution in [3.8, 4) is 0 Å². The van der Waals surface area contributed by atoms with Crippen LogP contribution in [0.3, 0.4) is 0 Å². The number of benzene rings is 1. The molecule has 1 fully saturated rings. The van der Waals surface area contributed by atoms with Gasteiger partial charge in [0.1, 0.15) is 0 Å². The average molecular weight is 205 g/mol. The van der Waals surface area contributed by atoms with E-state index >= 15 is 0 Å². The third-order valence-electron chi connectivity index (χ3n) is 3.03. The summed E-state index contributed by atoms with van der Waals surface area (Å²) in [5.41, 5.74) is 1.26. The summed E-state index contributed by atoms with van der Waals surface area (Å²) in [7, 11) is 0. The zero-order chi connectivity index (χ0) is 10.5. The quantitative estimate of drug-likeness (QED) is 0.814. The molecule has 0 bridgehead atoms. The first-order chi connectivity index (χ1) is 7.40. The molecule has 1 aliphatic rings. The molecule has 0 radical (unpaired) electrons. The SMILES string of the molecule is CCC1NCCC1OCc1ccccc1. The van der Waals surface area contributed by atoms with Crippen molar-refractivity contribution in [3.05, 3.63) is 35.9 Å². The summed E-state index contributed by atoms with van der Waals surface area (Å²) in [6.45, 7) is 4.05. The van der Waals surface area contributed by atoms with Gasteiger partial charge in [-0.05, 0) is 24.9 Å². The van der Waals surface area contributed by atoms with Gasteiger partial charge in [-0.3, -0.25) is 0 Å². The van der Waals surface area contributed by atoms with E-state index in [1.807, 2.05) is 6.07 Å². The molecule has 2 nitrogen and oxygen atoms in total. The van der Waals surface area contributed by atoms with Crippen LogP contribution in [0.4, 0.5) is 0 Å². The van der Waals surface area contributed by atoms with E-state index in [9.17, 15) is 0 Å². The highest BCUT2D eigenvalue weighted by molar-refractivity contribution is 5.13. The van der Waals surface area contributed by atoms with Crippen molar-refractivity contribution in [1.29, 1.82) is 0 Å². The first-order valence-corrected chi connectivity index (χ1v) is 5.79. The van der Waals surface area contributed by atoms with E-state index < -0.39 is 0 Å². The van der Waals surface area contributed by atoms with Crippen LogP contribution in [0.1, 0.15) is 25.3 Å². The van der Waals surface area contributed by atoms with Gasteiger partial charge in [0.2, 0.25) is 0 Å². The maximum atomic E-state index is 5.93. The van der Waals surface area contributed by atoms with Gasteiger partial charge < -0.3 is 10.1 Å². The fourth-order valence-electron chi connectivity index (χ4n) is 2.13. The van der Waals surface area contributed by atoms with Gasteiger partial charge in [0, 0.05) is 6.04 Å². The molecule has 2 rings (SSSR count). The minimum Gasteiger partial charge on any atom is -0.372 e. The van der Waals surface area contributed by atoms with Crippen LogP contribution in [0.25, 0.3) is 0 Å². The maximum absolute atomic E-state index is 5.93. The van der Waals surface area contributed by atoms with Crippen molar-refractivity contribution in [2.24, 2.45) is 0 Å². The Morgan fingerprint density at radius 3 is 2.87 bits per heavy atom. The second-order valence-corrected chi connectivity index (χ2v) is 4.09. The van der Waals surface area contributed by atoms with Gasteiger partial charge in [-0.25, -0.2) is 0 Å². The molecule has 1 saturated heterocycles. The third kappa shape index (κ3) is 2.80. The molecule has 2 atom stereocenters. The molecular formula is C13H19NO. The van der Waals surface area contributed by atoms with E-state index in [1.165, 1.54) is 5.56 Å². The number of hydrogen-bond acceptors (Lipinski definition) is 2. The Bertz CT molecular complexity index is 286. The van der Waals surface area contributed by atoms with Crippen LogP contribution < -0.4 is 5.32 Å². The van der Waals surface area contributed by atoms with E-state index in [4.69, 9.17) is 4.74 Å². The monoisotopic (exact) mass is 205 g/mol. The van der Waals surface area contributed by atoms with Crippen molar-refractivity contribution in [2.45, 2.75) is 38.5 Å². The molecule has 0 saturated carbocycles. The standard InChI is InChI=1S/C13H19NO/c1-2-12-13(8-9-14-12)15-10-11-6-4-3-5-7-11/h3-7,12-14H,2,8-10H2,1H3. The predicted octanol–water partition coefficient (Wildman–Crippen LogP) is 2.34. The van der Waals surface area contributed by atoms with Crippen molar-refractivity contribution in [1.82, 2.24) is 5.32 Å². The van der Waals surface area contributed by atoms with Crippen LogP contribution >= 0.6 is 0 Å². The van der Waals surface area contributed by atoms with Gasteiger partial charge in [-0.15, -0.1) is 0 Å². The highest BCUT2D eigenvalue weighted by atomic mass is 16.5. The van der Waals surface area contributed by atoms with E-state index in [1.54, 1.807) is 0 Å². The summed E-state index contributed by atoms with van der Waals surface area (Å²) in [5.74, 6) is 0. The second kappa shape index (κ2) is 5.29. The summed E-state index contributed by atoms with van der Waals surface area (Å²) in [6, 6.07) is 10.9. The van der Waals surface area contributed by atoms with Gasteiger partial charge in [0.15, 0.2) is 0 Å². The van der Waals surface area contributed by atoms with Crippen LogP contribution in [0, 0.1) is 0 Å². The van der Waals surface area contributed by atoms with Crippen LogP contribution in [0.15, 0.2) is 30.3 Å². The van der Waals surface area contributed by atoms with Gasteiger partial charge >= 0.3 is 0 Å². The van der Waals surface area contributed by atoms with E-state index in [0.29, 0.717) is 12.1 Å². The van der Waals surface area contributed by atoms with Gasteiger partial charge in [-0.2, -0.15) is 0 Å². The Balaban J connectivity index is 1.83. The lowest BCUT2D eigenvalue weighted by Crippen LogP contribution is -2.31. The lowest BCUT2D eigenvalue weighted by Gasteiger charge is -2.18. The average Bonchev–Trinajstić information content (AvgIpc) is 2.75. The molecule has 0 spiro atoms. The topological polar surface area (TPSA) is 21.3 Å². The predicted molar refractivity (Wildman–Crippen MR) is 61.7 cm³/mol. The Morgan fingerprint density at radius 2 is 2.13 bits per heavy atom. The molecule has 0 aliphatic carbocycles. The van der Waals surface area contributed by atoms with Crippen LogP contribution in [-0.4, -0.2) is 18.7 Å². The van der Waals surface area contributed by atoms with Gasteiger partial charge in [0.05, 0.1) is 12.7 Å². The van der Waals surface area contributed by atoms with Crippen LogP contribution in [0.2, 0.25) is 0 Å². The molecule has 2 unspecified atom stereocenters. The van der Waals surface area contributed by atoms with Crippen molar-refractivity contribution >= 4 is 0 Å². The lowest BCUT2D eigenvalue weighted by molar-refractivity contribution is 0.0321. The largest absolute Gasteiger partial charge is 0.372 e. The molecule has 1 aromatic carbocycles. The molecule has 2 heteroatoms. The van der Waals surface area contributed by atoms with Crippen molar-refractivity contribution in [3.63, 3.8) is 0 Å². The Hall–Kier alpha value is -0.860. The Labute approximate surface area is 91.6 Å². The Kier molecular flexibility index (Phi) is 3.75. The minimum atomic E-state index is 0.398. The number of ether oxygens (including phenoxy) is 1. The molecule has 1 aliphatic heterocycles. The molecule has 1 heterocycles. The number of rotatable bonds is 4. The highest BCUT2D eigenvalue weighted by Gasteiger charge is 2.25. The summed E-state index contributed by atoms with van der Waals surface area (Å²) in [5, 5.41) is 3.47. The van der Waals surface area contributed by atoms with E-state index in [2.05, 4.69) is 36.5 Å². The van der Waals surface area contributed by atoms with Crippen molar-refractivity contribution < 1.29 is 4.74 Å². The maximum Gasteiger partial charge on any atom is 0.0744 e. The highest BCUT2D eigenvalue weighted by Crippen LogP contribution is 2.15. The van der Waals surface area contributed by atoms with Crippen molar-refractivity contribution in [2.75, 3.05) is 6.54 Å². The lowest BCUT2D eigenvalue weighted by atomic mass is 10.1. The summed E-state index contributed by atoms with van der Waals surface area (Å²) in [6.07, 6.45) is 2.69. The third-order valence-corrected chi connectivity index (χ3v) is 3.03. The molecule has 1 aromatic rings. The zero-order valence-corrected chi connectivity index (χ0v) is 9.28. The summed E-state index contributed by atoms with van der Waals surface area (Å²) in [4.78, 5) is 0. The molecule has 0 aromatic heterocycles. The van der Waals surface area contributed by atoms with Crippen LogP contribution in [-0.2, 0) is 11.3 Å². The second-order valence-electron chi connectivity index (χ2n) is 4.09. The first-order valence-electron chi connectivity index (χ1n) is 5.79. The van der Waals surface area contributed by atoms with E-state index in [-0.39, 0.29) is 0 Å². The van der Waals surface area contributed by atoms with E-state index in [0.717, 1.165) is 26.0 Å². The summed E-state index contributed by atoms with van der Waals surface area (Å²) >= 11 is 0.